The third-order valence-corrected chi connectivity index (χ3v) is 6.23. The highest BCUT2D eigenvalue weighted by atomic mass is 35.5. The summed E-state index contributed by atoms with van der Waals surface area (Å²) in [7, 11) is 0. The molecule has 3 heterocycles. The number of carbonyl (C=O) groups excluding carboxylic acids is 2. The Morgan fingerprint density at radius 1 is 1.17 bits per heavy atom. The van der Waals surface area contributed by atoms with E-state index in [2.05, 4.69) is 10.3 Å². The Morgan fingerprint density at radius 2 is 1.90 bits per heavy atom. The lowest BCUT2D eigenvalue weighted by atomic mass is 10.1. The van der Waals surface area contributed by atoms with Crippen molar-refractivity contribution in [2.75, 3.05) is 42.1 Å². The van der Waals surface area contributed by atoms with Gasteiger partial charge in [-0.05, 0) is 24.3 Å². The van der Waals surface area contributed by atoms with Crippen LogP contribution in [0.5, 0.6) is 0 Å². The summed E-state index contributed by atoms with van der Waals surface area (Å²) in [4.78, 5) is 32.6. The molecule has 0 radical (unpaired) electrons. The second-order valence-corrected chi connectivity index (χ2v) is 8.28. The van der Waals surface area contributed by atoms with Crippen molar-refractivity contribution in [3.8, 4) is 0 Å². The second-order valence-electron chi connectivity index (χ2n) is 6.85. The molecule has 1 fully saturated rings. The van der Waals surface area contributed by atoms with Crippen molar-refractivity contribution in [3.05, 3.63) is 46.6 Å². The number of piperazine rings is 1. The van der Waals surface area contributed by atoms with Crippen LogP contribution in [-0.2, 0) is 11.0 Å². The molecule has 0 unspecified atom stereocenters. The molecule has 1 aromatic carbocycles. The van der Waals surface area contributed by atoms with E-state index in [4.69, 9.17) is 11.6 Å². The maximum Gasteiger partial charge on any atom is 0.417 e. The first kappa shape index (κ1) is 20.8. The molecule has 2 aliphatic heterocycles. The standard InChI is InChI=1S/C19H16ClF3N4O2S/c20-13-8-12(19(21,22)23)9-24-17(13)26-3-5-27(6-4-26)18(29)11-1-2-15-14(7-11)25-16(28)10-30-15/h1-2,7-9H,3-6,10H2,(H,25,28). The van der Waals surface area contributed by atoms with E-state index in [0.717, 1.165) is 17.2 Å². The van der Waals surface area contributed by atoms with Crippen LogP contribution in [0, 0.1) is 0 Å². The van der Waals surface area contributed by atoms with Gasteiger partial charge in [0.1, 0.15) is 5.82 Å². The number of hydrogen-bond donors (Lipinski definition) is 1. The molecule has 1 aromatic heterocycles. The van der Waals surface area contributed by atoms with E-state index in [9.17, 15) is 22.8 Å². The quantitative estimate of drug-likeness (QED) is 0.745. The summed E-state index contributed by atoms with van der Waals surface area (Å²) in [5, 5.41) is 2.69. The number of hydrogen-bond acceptors (Lipinski definition) is 5. The monoisotopic (exact) mass is 456 g/mol. The van der Waals surface area contributed by atoms with Crippen molar-refractivity contribution in [1.29, 1.82) is 0 Å². The minimum atomic E-state index is -4.51. The van der Waals surface area contributed by atoms with Crippen molar-refractivity contribution >= 4 is 46.7 Å². The molecule has 0 bridgehead atoms. The summed E-state index contributed by atoms with van der Waals surface area (Å²) in [6.45, 7) is 1.52. The van der Waals surface area contributed by atoms with Crippen LogP contribution in [-0.4, -0.2) is 53.6 Å². The molecule has 2 amide bonds. The van der Waals surface area contributed by atoms with E-state index in [1.807, 2.05) is 6.07 Å². The van der Waals surface area contributed by atoms with Crippen LogP contribution in [0.4, 0.5) is 24.7 Å². The first-order chi connectivity index (χ1) is 14.2. The summed E-state index contributed by atoms with van der Waals surface area (Å²) in [6, 6.07) is 6.07. The van der Waals surface area contributed by atoms with E-state index < -0.39 is 11.7 Å². The molecular formula is C19H16ClF3N4O2S. The van der Waals surface area contributed by atoms with Gasteiger partial charge in [0, 0.05) is 42.8 Å². The van der Waals surface area contributed by atoms with Gasteiger partial charge in [-0.15, -0.1) is 11.8 Å². The number of benzene rings is 1. The zero-order chi connectivity index (χ0) is 21.5. The zero-order valence-corrected chi connectivity index (χ0v) is 17.1. The van der Waals surface area contributed by atoms with E-state index >= 15 is 0 Å². The maximum atomic E-state index is 12.9. The molecule has 4 rings (SSSR count). The Hall–Kier alpha value is -2.46. The lowest BCUT2D eigenvalue weighted by Gasteiger charge is -2.36. The fourth-order valence-electron chi connectivity index (χ4n) is 3.34. The predicted molar refractivity (Wildman–Crippen MR) is 108 cm³/mol. The minimum absolute atomic E-state index is 0.0764. The number of nitrogens with one attached hydrogen (secondary N) is 1. The fraction of sp³-hybridized carbons (Fsp3) is 0.316. The Bertz CT molecular complexity index is 1010. The highest BCUT2D eigenvalue weighted by Crippen LogP contribution is 2.34. The summed E-state index contributed by atoms with van der Waals surface area (Å²) < 4.78 is 38.4. The molecule has 0 saturated carbocycles. The Labute approximate surface area is 179 Å². The average molecular weight is 457 g/mol. The maximum absolute atomic E-state index is 12.9. The molecular weight excluding hydrogens is 441 g/mol. The number of pyridine rings is 1. The number of fused-ring (bicyclic) bond motifs is 1. The highest BCUT2D eigenvalue weighted by molar-refractivity contribution is 8.00. The molecule has 0 aliphatic carbocycles. The van der Waals surface area contributed by atoms with E-state index in [0.29, 0.717) is 43.2 Å². The smallest absolute Gasteiger partial charge is 0.352 e. The number of thioether (sulfide) groups is 1. The van der Waals surface area contributed by atoms with Crippen LogP contribution in [0.25, 0.3) is 0 Å². The number of rotatable bonds is 2. The molecule has 2 aromatic rings. The van der Waals surface area contributed by atoms with Crippen LogP contribution >= 0.6 is 23.4 Å². The Morgan fingerprint density at radius 3 is 2.57 bits per heavy atom. The van der Waals surface area contributed by atoms with Crippen molar-refractivity contribution in [2.45, 2.75) is 11.1 Å². The first-order valence-electron chi connectivity index (χ1n) is 9.06. The third kappa shape index (κ3) is 4.20. The Balaban J connectivity index is 1.43. The van der Waals surface area contributed by atoms with Crippen LogP contribution in [0.2, 0.25) is 5.02 Å². The molecule has 30 heavy (non-hydrogen) atoms. The van der Waals surface area contributed by atoms with Crippen molar-refractivity contribution in [1.82, 2.24) is 9.88 Å². The van der Waals surface area contributed by atoms with Gasteiger partial charge < -0.3 is 15.1 Å². The van der Waals surface area contributed by atoms with Crippen LogP contribution in [0.1, 0.15) is 15.9 Å². The van der Waals surface area contributed by atoms with Gasteiger partial charge in [0.25, 0.3) is 5.91 Å². The molecule has 11 heteroatoms. The number of alkyl halides is 3. The van der Waals surface area contributed by atoms with E-state index in [-0.39, 0.29) is 22.7 Å². The number of anilines is 2. The van der Waals surface area contributed by atoms with Gasteiger partial charge in [0.15, 0.2) is 0 Å². The zero-order valence-electron chi connectivity index (χ0n) is 15.5. The van der Waals surface area contributed by atoms with Crippen molar-refractivity contribution in [2.24, 2.45) is 0 Å². The predicted octanol–water partition coefficient (Wildman–Crippen LogP) is 3.76. The Kier molecular flexibility index (Phi) is 5.54. The van der Waals surface area contributed by atoms with Gasteiger partial charge in [0.05, 0.1) is 22.0 Å². The summed E-state index contributed by atoms with van der Waals surface area (Å²) in [5.74, 6) is 0.341. The molecule has 158 valence electrons. The molecule has 2 aliphatic rings. The number of aromatic nitrogens is 1. The molecule has 1 saturated heterocycles. The average Bonchev–Trinajstić information content (AvgIpc) is 2.72. The normalized spacial score (nSPS) is 16.9. The number of nitrogens with zero attached hydrogens (tertiary/aromatic N) is 3. The lowest BCUT2D eigenvalue weighted by Crippen LogP contribution is -2.49. The lowest BCUT2D eigenvalue weighted by molar-refractivity contribution is -0.137. The highest BCUT2D eigenvalue weighted by Gasteiger charge is 2.32. The van der Waals surface area contributed by atoms with Crippen molar-refractivity contribution < 1.29 is 22.8 Å². The van der Waals surface area contributed by atoms with Crippen LogP contribution in [0.3, 0.4) is 0 Å². The van der Waals surface area contributed by atoms with Gasteiger partial charge in [-0.25, -0.2) is 4.98 Å². The van der Waals surface area contributed by atoms with Gasteiger partial charge in [-0.2, -0.15) is 13.2 Å². The fourth-order valence-corrected chi connectivity index (χ4v) is 4.41. The second kappa shape index (κ2) is 7.99. The van der Waals surface area contributed by atoms with Gasteiger partial charge in [-0.1, -0.05) is 11.6 Å². The van der Waals surface area contributed by atoms with Gasteiger partial charge >= 0.3 is 6.18 Å². The summed E-state index contributed by atoms with van der Waals surface area (Å²) in [6.07, 6.45) is -3.74. The van der Waals surface area contributed by atoms with Crippen molar-refractivity contribution in [3.63, 3.8) is 0 Å². The van der Waals surface area contributed by atoms with E-state index in [1.54, 1.807) is 21.9 Å². The SMILES string of the molecule is O=C1CSc2ccc(C(=O)N3CCN(c4ncc(C(F)(F)F)cc4Cl)CC3)cc2N1. The molecule has 0 spiro atoms. The van der Waals surface area contributed by atoms with Gasteiger partial charge in [-0.3, -0.25) is 9.59 Å². The topological polar surface area (TPSA) is 65.5 Å². The van der Waals surface area contributed by atoms with Crippen LogP contribution < -0.4 is 10.2 Å². The number of amides is 2. The molecule has 0 atom stereocenters. The van der Waals surface area contributed by atoms with Gasteiger partial charge in [0.2, 0.25) is 5.91 Å². The number of carbonyl (C=O) groups is 2. The van der Waals surface area contributed by atoms with E-state index in [1.165, 1.54) is 11.8 Å². The first-order valence-corrected chi connectivity index (χ1v) is 10.4. The third-order valence-electron chi connectivity index (χ3n) is 4.87. The number of halogens is 4. The molecule has 1 N–H and O–H groups in total. The molecule has 6 nitrogen and oxygen atoms in total. The largest absolute Gasteiger partial charge is 0.417 e. The van der Waals surface area contributed by atoms with Crippen LogP contribution in [0.15, 0.2) is 35.4 Å². The minimum Gasteiger partial charge on any atom is -0.352 e. The summed E-state index contributed by atoms with van der Waals surface area (Å²) in [5.41, 5.74) is 0.194. The summed E-state index contributed by atoms with van der Waals surface area (Å²) >= 11 is 7.44.